The normalized spacial score (nSPS) is 19.0. The fourth-order valence-corrected chi connectivity index (χ4v) is 10.6. The number of halogens is 3. The number of fused-ring (bicyclic) bond motifs is 2. The van der Waals surface area contributed by atoms with Crippen LogP contribution in [0.2, 0.25) is 0 Å². The summed E-state index contributed by atoms with van der Waals surface area (Å²) in [7, 11) is -1.05. The van der Waals surface area contributed by atoms with Gasteiger partial charge in [0.05, 0.1) is 58.4 Å². The number of nitrogens with zero attached hydrogens (tertiary/aromatic N) is 9. The lowest BCUT2D eigenvalue weighted by molar-refractivity contribution is -0.137. The van der Waals surface area contributed by atoms with E-state index in [0.717, 1.165) is 16.4 Å². The minimum absolute atomic E-state index is 0.0278. The second-order valence-corrected chi connectivity index (χ2v) is 19.5. The summed E-state index contributed by atoms with van der Waals surface area (Å²) in [6, 6.07) is 8.44. The number of benzene rings is 3. The second-order valence-electron chi connectivity index (χ2n) is 17.8. The van der Waals surface area contributed by atoms with E-state index < -0.39 is 62.1 Å². The lowest BCUT2D eigenvalue weighted by Crippen LogP contribution is -2.49. The van der Waals surface area contributed by atoms with Crippen LogP contribution < -0.4 is 30.7 Å². The average molecular weight is 959 g/mol. The molecule has 4 saturated heterocycles. The third-order valence-corrected chi connectivity index (χ3v) is 15.3. The molecule has 3 N–H and O–H groups in total. The molecule has 19 nitrogen and oxygen atoms in total. The van der Waals surface area contributed by atoms with Crippen LogP contribution in [0.4, 0.5) is 46.5 Å². The number of aromatic nitrogens is 4. The fraction of sp³-hybridized carbons (Fsp3) is 0.444. The van der Waals surface area contributed by atoms with Gasteiger partial charge >= 0.3 is 16.2 Å². The number of hydrogen-bond acceptors (Lipinski definition) is 12. The average Bonchev–Trinajstić information content (AvgIpc) is 3.87. The van der Waals surface area contributed by atoms with Crippen molar-refractivity contribution in [2.45, 2.75) is 63.5 Å². The van der Waals surface area contributed by atoms with Gasteiger partial charge in [0.1, 0.15) is 28.7 Å². The first-order valence-corrected chi connectivity index (χ1v) is 23.8. The van der Waals surface area contributed by atoms with E-state index >= 15 is 13.2 Å². The number of imide groups is 1. The number of hydrogen-bond donors (Lipinski definition) is 3. The molecule has 9 rings (SSSR count). The van der Waals surface area contributed by atoms with Gasteiger partial charge in [0.2, 0.25) is 11.8 Å². The van der Waals surface area contributed by atoms with Gasteiger partial charge in [-0.1, -0.05) is 6.92 Å². The molecule has 4 fully saturated rings. The van der Waals surface area contributed by atoms with Crippen molar-refractivity contribution in [1.82, 2.24) is 33.9 Å². The molecule has 0 saturated carbocycles. The summed E-state index contributed by atoms with van der Waals surface area (Å²) >= 11 is 0. The highest BCUT2D eigenvalue weighted by Gasteiger charge is 2.45. The van der Waals surface area contributed by atoms with Gasteiger partial charge in [-0.25, -0.2) is 22.9 Å². The number of anilines is 5. The second kappa shape index (κ2) is 18.0. The maximum absolute atomic E-state index is 16.3. The molecule has 4 aliphatic heterocycles. The number of nitriles is 1. The molecule has 358 valence electrons. The molecule has 0 bridgehead atoms. The number of amides is 4. The number of carbonyl (C=O) groups is 3. The summed E-state index contributed by atoms with van der Waals surface area (Å²) in [5.74, 6) is -2.42. The van der Waals surface area contributed by atoms with Crippen LogP contribution in [-0.2, 0) is 31.6 Å². The van der Waals surface area contributed by atoms with E-state index in [1.165, 1.54) is 41.0 Å². The Morgan fingerprint density at radius 1 is 1.03 bits per heavy atom. The van der Waals surface area contributed by atoms with E-state index in [1.54, 1.807) is 30.8 Å². The lowest BCUT2D eigenvalue weighted by atomic mass is 9.86. The number of aryl methyl sites for hydroxylation is 1. The first kappa shape index (κ1) is 46.3. The van der Waals surface area contributed by atoms with Gasteiger partial charge in [0.15, 0.2) is 11.6 Å². The van der Waals surface area contributed by atoms with Crippen molar-refractivity contribution in [2.75, 3.05) is 72.8 Å². The fourth-order valence-electron chi connectivity index (χ4n) is 9.68. The summed E-state index contributed by atoms with van der Waals surface area (Å²) in [6.07, 6.45) is 4.65. The Bertz CT molecular complexity index is 3090. The number of carbonyl (C=O) groups excluding carboxylic acids is 3. The maximum Gasteiger partial charge on any atom is 0.329 e. The minimum Gasteiger partial charge on any atom is -0.373 e. The van der Waals surface area contributed by atoms with Crippen molar-refractivity contribution in [3.8, 4) is 6.07 Å². The first-order chi connectivity index (χ1) is 32.5. The largest absolute Gasteiger partial charge is 0.373 e. The number of likely N-dealkylation sites (tertiary alicyclic amines) is 1. The Hall–Kier alpha value is -6.77. The molecular formula is C45H49F3N12O7S. The van der Waals surface area contributed by atoms with E-state index in [9.17, 15) is 32.9 Å². The quantitative estimate of drug-likeness (QED) is 0.159. The lowest BCUT2D eigenvalue weighted by Gasteiger charge is -2.40. The van der Waals surface area contributed by atoms with Crippen LogP contribution in [0, 0.1) is 34.7 Å². The molecule has 23 heteroatoms. The summed E-state index contributed by atoms with van der Waals surface area (Å²) < 4.78 is 85.1. The Morgan fingerprint density at radius 2 is 1.76 bits per heavy atom. The predicted molar refractivity (Wildman–Crippen MR) is 245 cm³/mol. The third-order valence-electron chi connectivity index (χ3n) is 13.7. The van der Waals surface area contributed by atoms with Crippen LogP contribution >= 0.6 is 0 Å². The van der Waals surface area contributed by atoms with Gasteiger partial charge in [-0.05, 0) is 74.4 Å². The van der Waals surface area contributed by atoms with Crippen molar-refractivity contribution in [1.29, 1.82) is 5.26 Å². The summed E-state index contributed by atoms with van der Waals surface area (Å²) in [6.45, 7) is 4.01. The highest BCUT2D eigenvalue weighted by Crippen LogP contribution is 2.41. The molecule has 4 amide bonds. The molecule has 0 radical (unpaired) electrons. The Kier molecular flexibility index (Phi) is 12.3. The third kappa shape index (κ3) is 8.55. The molecular weight excluding hydrogens is 910 g/mol. The van der Waals surface area contributed by atoms with Gasteiger partial charge in [0, 0.05) is 71.6 Å². The highest BCUT2D eigenvalue weighted by atomic mass is 32.2. The van der Waals surface area contributed by atoms with E-state index in [-0.39, 0.29) is 71.9 Å². The number of urea groups is 1. The minimum atomic E-state index is -4.09. The molecule has 68 heavy (non-hydrogen) atoms. The van der Waals surface area contributed by atoms with Gasteiger partial charge < -0.3 is 19.9 Å². The van der Waals surface area contributed by atoms with Gasteiger partial charge in [-0.15, -0.1) is 0 Å². The van der Waals surface area contributed by atoms with Crippen molar-refractivity contribution in [2.24, 2.45) is 13.0 Å². The zero-order chi connectivity index (χ0) is 48.2. The highest BCUT2D eigenvalue weighted by molar-refractivity contribution is 7.90. The van der Waals surface area contributed by atoms with Crippen LogP contribution in [-0.4, -0.2) is 113 Å². The number of rotatable bonds is 11. The summed E-state index contributed by atoms with van der Waals surface area (Å²) in [5.41, 5.74) is -1.71. The topological polar surface area (TPSA) is 220 Å². The van der Waals surface area contributed by atoms with Crippen LogP contribution in [0.25, 0.3) is 21.8 Å². The van der Waals surface area contributed by atoms with Crippen LogP contribution in [0.1, 0.15) is 63.5 Å². The molecule has 1 spiro atoms. The zero-order valence-corrected chi connectivity index (χ0v) is 38.3. The van der Waals surface area contributed by atoms with E-state index in [0.29, 0.717) is 81.3 Å². The Labute approximate surface area is 388 Å². The summed E-state index contributed by atoms with van der Waals surface area (Å²) in [4.78, 5) is 61.3. The smallest absolute Gasteiger partial charge is 0.329 e. The van der Waals surface area contributed by atoms with Crippen LogP contribution in [0.3, 0.4) is 0 Å². The van der Waals surface area contributed by atoms with Crippen molar-refractivity contribution < 1.29 is 40.7 Å². The molecule has 1 atom stereocenters. The van der Waals surface area contributed by atoms with Gasteiger partial charge in [-0.3, -0.25) is 38.6 Å². The first-order valence-electron chi connectivity index (χ1n) is 22.4. The Balaban J connectivity index is 0.813. The summed E-state index contributed by atoms with van der Waals surface area (Å²) in [5, 5.41) is 19.3. The van der Waals surface area contributed by atoms with Crippen molar-refractivity contribution >= 4 is 78.4 Å². The number of ether oxygens (including phenoxy) is 1. The molecule has 0 aliphatic carbocycles. The van der Waals surface area contributed by atoms with E-state index in [1.807, 2.05) is 9.80 Å². The SMILES string of the molecule is CCN(C)S(=O)(=O)Nc1ccc(F)c(Nc2ccc3ncn([C@H]4COC5(CCN(C(=O)CC6CCN(c7cc8c(cc7F)c(N7CCC(=O)NC7=O)nn8C)CC6)CC5)C4)c(=O)c3c2F)c1C#N. The molecule has 4 aliphatic rings. The van der Waals surface area contributed by atoms with Crippen molar-refractivity contribution in [3.63, 3.8) is 0 Å². The molecule has 5 aromatic rings. The van der Waals surface area contributed by atoms with E-state index in [4.69, 9.17) is 4.74 Å². The van der Waals surface area contributed by atoms with Gasteiger partial charge in [-0.2, -0.15) is 23.1 Å². The zero-order valence-electron chi connectivity index (χ0n) is 37.5. The number of piperidine rings is 2. The van der Waals surface area contributed by atoms with Crippen LogP contribution in [0.15, 0.2) is 47.5 Å². The number of nitrogens with one attached hydrogen (secondary N) is 3. The van der Waals surface area contributed by atoms with Gasteiger partial charge in [0.25, 0.3) is 5.56 Å². The molecule has 3 aromatic carbocycles. The maximum atomic E-state index is 16.3. The van der Waals surface area contributed by atoms with E-state index in [2.05, 4.69) is 25.4 Å². The molecule has 6 heterocycles. The monoisotopic (exact) mass is 958 g/mol. The standard InChI is InChI=1S/C45H49F3N12O7S/c1-4-55(2)68(65,66)54-32-6-5-30(46)41(29(32)23-49)51-34-8-7-33-39(40(34)48)43(63)60(25-50-33)27-22-45(67-24-27)12-17-58(18-13-45)38(62)19-26-9-14-57(15-10-26)36-21-35-28(20-31(36)47)42(53-56(35)3)59-16-11-37(61)52-44(59)64/h5-8,20-21,25-27,51,54H,4,9-19,22,24H2,1-3H3,(H,52,61,64)/t27-/m1/s1. The Morgan fingerprint density at radius 3 is 2.47 bits per heavy atom. The van der Waals surface area contributed by atoms with Crippen molar-refractivity contribution in [3.05, 3.63) is 76.1 Å². The molecule has 2 aromatic heterocycles. The predicted octanol–water partition coefficient (Wildman–Crippen LogP) is 5.00. The van der Waals surface area contributed by atoms with Crippen LogP contribution in [0.5, 0.6) is 0 Å². The molecule has 0 unspecified atom stereocenters.